The van der Waals surface area contributed by atoms with Gasteiger partial charge in [0.25, 0.3) is 5.91 Å². The van der Waals surface area contributed by atoms with Crippen LogP contribution in [0.3, 0.4) is 0 Å². The summed E-state index contributed by atoms with van der Waals surface area (Å²) in [6.07, 6.45) is 0. The van der Waals surface area contributed by atoms with Crippen molar-refractivity contribution in [2.45, 2.75) is 13.8 Å². The molecule has 0 aliphatic carbocycles. The number of nitrogens with one attached hydrogen (secondary N) is 1. The second kappa shape index (κ2) is 7.99. The van der Waals surface area contributed by atoms with E-state index in [9.17, 15) is 9.59 Å². The summed E-state index contributed by atoms with van der Waals surface area (Å²) < 4.78 is 0. The minimum atomic E-state index is 0. The maximum atomic E-state index is 12.5. The first-order chi connectivity index (χ1) is 11.1. The van der Waals surface area contributed by atoms with Crippen LogP contribution in [-0.4, -0.2) is 60.9 Å². The van der Waals surface area contributed by atoms with Gasteiger partial charge in [-0.25, -0.2) is 0 Å². The summed E-state index contributed by atoms with van der Waals surface area (Å²) in [5.41, 5.74) is 1.88. The largest absolute Gasteiger partial charge is 0.339 e. The fraction of sp³-hybridized carbons (Fsp3) is 0.556. The third-order valence-electron chi connectivity index (χ3n) is 5.09. The molecule has 2 amide bonds. The SMILES string of the molecule is Cc1ccc(C(=O)N2CCN(C(=O)C(C)C3CNC3)CC2)cc1.Cl. The standard InChI is InChI=1S/C18H25N3O2.ClH/c1-13-3-5-15(6-4-13)18(23)21-9-7-20(8-10-21)17(22)14(2)16-11-19-12-16;/h3-6,14,16,19H,7-12H2,1-2H3;1H. The van der Waals surface area contributed by atoms with Crippen LogP contribution in [0.15, 0.2) is 24.3 Å². The molecule has 2 aliphatic rings. The van der Waals surface area contributed by atoms with E-state index in [0.29, 0.717) is 32.1 Å². The molecule has 1 aromatic carbocycles. The van der Waals surface area contributed by atoms with Crippen molar-refractivity contribution in [3.63, 3.8) is 0 Å². The number of halogens is 1. The highest BCUT2D eigenvalue weighted by molar-refractivity contribution is 5.94. The molecule has 1 N–H and O–H groups in total. The van der Waals surface area contributed by atoms with Crippen molar-refractivity contribution in [1.82, 2.24) is 15.1 Å². The van der Waals surface area contributed by atoms with Crippen molar-refractivity contribution in [2.24, 2.45) is 11.8 Å². The molecule has 6 heteroatoms. The lowest BCUT2D eigenvalue weighted by Gasteiger charge is -2.39. The second-order valence-corrected chi connectivity index (χ2v) is 6.69. The highest BCUT2D eigenvalue weighted by atomic mass is 35.5. The molecule has 1 unspecified atom stereocenters. The summed E-state index contributed by atoms with van der Waals surface area (Å²) in [7, 11) is 0. The molecule has 0 bridgehead atoms. The number of nitrogens with zero attached hydrogens (tertiary/aromatic N) is 2. The Morgan fingerprint density at radius 3 is 2.08 bits per heavy atom. The van der Waals surface area contributed by atoms with Crippen LogP contribution in [0.2, 0.25) is 0 Å². The number of carbonyl (C=O) groups is 2. The maximum Gasteiger partial charge on any atom is 0.253 e. The van der Waals surface area contributed by atoms with E-state index in [1.165, 1.54) is 0 Å². The fourth-order valence-electron chi connectivity index (χ4n) is 3.16. The molecule has 2 aliphatic heterocycles. The number of benzene rings is 1. The Balaban J connectivity index is 0.00000208. The van der Waals surface area contributed by atoms with Crippen molar-refractivity contribution in [1.29, 1.82) is 0 Å². The number of carbonyl (C=O) groups excluding carboxylic acids is 2. The van der Waals surface area contributed by atoms with Gasteiger partial charge in [0, 0.05) is 37.7 Å². The molecule has 2 fully saturated rings. The summed E-state index contributed by atoms with van der Waals surface area (Å²) >= 11 is 0. The van der Waals surface area contributed by atoms with Crippen molar-refractivity contribution < 1.29 is 9.59 Å². The van der Waals surface area contributed by atoms with Gasteiger partial charge >= 0.3 is 0 Å². The Kier molecular flexibility index (Phi) is 6.24. The quantitative estimate of drug-likeness (QED) is 0.899. The molecule has 1 aromatic rings. The topological polar surface area (TPSA) is 52.7 Å². The smallest absolute Gasteiger partial charge is 0.253 e. The molecule has 2 saturated heterocycles. The van der Waals surface area contributed by atoms with Gasteiger partial charge in [0.2, 0.25) is 5.91 Å². The molecule has 0 saturated carbocycles. The molecule has 2 heterocycles. The van der Waals surface area contributed by atoms with Gasteiger partial charge in [0.1, 0.15) is 0 Å². The number of hydrogen-bond acceptors (Lipinski definition) is 3. The Bertz CT molecular complexity index is 578. The maximum absolute atomic E-state index is 12.5. The fourth-order valence-corrected chi connectivity index (χ4v) is 3.16. The van der Waals surface area contributed by atoms with E-state index in [1.807, 2.05) is 47.9 Å². The summed E-state index contributed by atoms with van der Waals surface area (Å²) in [4.78, 5) is 28.8. The first-order valence-corrected chi connectivity index (χ1v) is 8.41. The zero-order valence-corrected chi connectivity index (χ0v) is 15.1. The molecule has 5 nitrogen and oxygen atoms in total. The average Bonchev–Trinajstić information content (AvgIpc) is 2.53. The van der Waals surface area contributed by atoms with Gasteiger partial charge in [0.15, 0.2) is 0 Å². The average molecular weight is 352 g/mol. The third kappa shape index (κ3) is 3.90. The predicted octanol–water partition coefficient (Wildman–Crippen LogP) is 1.56. The van der Waals surface area contributed by atoms with Crippen LogP contribution in [0, 0.1) is 18.8 Å². The van der Waals surface area contributed by atoms with Gasteiger partial charge in [-0.3, -0.25) is 9.59 Å². The van der Waals surface area contributed by atoms with Gasteiger partial charge in [0.05, 0.1) is 0 Å². The first-order valence-electron chi connectivity index (χ1n) is 8.41. The molecular formula is C18H26ClN3O2. The monoisotopic (exact) mass is 351 g/mol. The van der Waals surface area contributed by atoms with E-state index < -0.39 is 0 Å². The molecule has 0 spiro atoms. The third-order valence-corrected chi connectivity index (χ3v) is 5.09. The van der Waals surface area contributed by atoms with E-state index in [2.05, 4.69) is 5.32 Å². The van der Waals surface area contributed by atoms with Crippen LogP contribution in [-0.2, 0) is 4.79 Å². The molecule has 24 heavy (non-hydrogen) atoms. The molecular weight excluding hydrogens is 326 g/mol. The molecule has 0 aromatic heterocycles. The van der Waals surface area contributed by atoms with Crippen LogP contribution >= 0.6 is 12.4 Å². The van der Waals surface area contributed by atoms with E-state index in [0.717, 1.165) is 24.2 Å². The van der Waals surface area contributed by atoms with E-state index in [-0.39, 0.29) is 30.1 Å². The van der Waals surface area contributed by atoms with Crippen molar-refractivity contribution in [3.05, 3.63) is 35.4 Å². The lowest BCUT2D eigenvalue weighted by Crippen LogP contribution is -2.55. The number of piperazine rings is 1. The van der Waals surface area contributed by atoms with Gasteiger partial charge in [-0.05, 0) is 38.1 Å². The zero-order valence-electron chi connectivity index (χ0n) is 14.3. The van der Waals surface area contributed by atoms with E-state index in [1.54, 1.807) is 0 Å². The second-order valence-electron chi connectivity index (χ2n) is 6.69. The van der Waals surface area contributed by atoms with Crippen molar-refractivity contribution in [2.75, 3.05) is 39.3 Å². The van der Waals surface area contributed by atoms with Crippen molar-refractivity contribution in [3.8, 4) is 0 Å². The molecule has 0 radical (unpaired) electrons. The number of amides is 2. The van der Waals surface area contributed by atoms with E-state index in [4.69, 9.17) is 0 Å². The van der Waals surface area contributed by atoms with Crippen LogP contribution in [0.5, 0.6) is 0 Å². The summed E-state index contributed by atoms with van der Waals surface area (Å²) in [6.45, 7) is 8.44. The van der Waals surface area contributed by atoms with Gasteiger partial charge in [-0.15, -0.1) is 12.4 Å². The zero-order chi connectivity index (χ0) is 16.4. The van der Waals surface area contributed by atoms with Crippen LogP contribution in [0.1, 0.15) is 22.8 Å². The Hall–Kier alpha value is -1.59. The van der Waals surface area contributed by atoms with Crippen molar-refractivity contribution >= 4 is 24.2 Å². The lowest BCUT2D eigenvalue weighted by molar-refractivity contribution is -0.138. The number of rotatable bonds is 3. The predicted molar refractivity (Wildman–Crippen MR) is 96.4 cm³/mol. The summed E-state index contributed by atoms with van der Waals surface area (Å²) in [5, 5.41) is 3.22. The Morgan fingerprint density at radius 2 is 1.58 bits per heavy atom. The minimum absolute atomic E-state index is 0. The highest BCUT2D eigenvalue weighted by Crippen LogP contribution is 2.19. The Morgan fingerprint density at radius 1 is 1.04 bits per heavy atom. The van der Waals surface area contributed by atoms with Crippen LogP contribution in [0.4, 0.5) is 0 Å². The normalized spacial score (nSPS) is 19.2. The molecule has 1 atom stereocenters. The van der Waals surface area contributed by atoms with Gasteiger partial charge in [-0.1, -0.05) is 24.6 Å². The molecule has 132 valence electrons. The lowest BCUT2D eigenvalue weighted by atomic mass is 9.88. The van der Waals surface area contributed by atoms with Gasteiger partial charge in [-0.2, -0.15) is 0 Å². The number of hydrogen-bond donors (Lipinski definition) is 1. The summed E-state index contributed by atoms with van der Waals surface area (Å²) in [6, 6.07) is 7.67. The van der Waals surface area contributed by atoms with Gasteiger partial charge < -0.3 is 15.1 Å². The molecule has 3 rings (SSSR count). The minimum Gasteiger partial charge on any atom is -0.339 e. The van der Waals surface area contributed by atoms with E-state index >= 15 is 0 Å². The van der Waals surface area contributed by atoms with Crippen LogP contribution in [0.25, 0.3) is 0 Å². The number of aryl methyl sites for hydroxylation is 1. The van der Waals surface area contributed by atoms with Crippen LogP contribution < -0.4 is 5.32 Å². The summed E-state index contributed by atoms with van der Waals surface area (Å²) in [5.74, 6) is 0.845. The Labute approximate surface area is 149 Å². The first kappa shape index (κ1) is 18.7. The highest BCUT2D eigenvalue weighted by Gasteiger charge is 2.33.